The zero-order valence-electron chi connectivity index (χ0n) is 12.4. The molecule has 0 saturated carbocycles. The van der Waals surface area contributed by atoms with Crippen LogP contribution in [0.15, 0.2) is 18.2 Å². The van der Waals surface area contributed by atoms with E-state index in [1.807, 2.05) is 4.57 Å². The maximum absolute atomic E-state index is 12.7. The van der Waals surface area contributed by atoms with E-state index >= 15 is 0 Å². The van der Waals surface area contributed by atoms with E-state index in [0.717, 1.165) is 0 Å². The number of benzene rings is 1. The van der Waals surface area contributed by atoms with Gasteiger partial charge in [0.2, 0.25) is 0 Å². The molecular weight excluding hydrogens is 300 g/mol. The standard InChI is InChI=1S/C15H16N4O4/c20-9-14-17-16-13-8-18(3-4-19(13)14)15(21)10-1-2-11-12(7-10)23-6-5-22-11/h1-2,7,20H,3-6,8-9H2. The molecule has 120 valence electrons. The third-order valence-corrected chi connectivity index (χ3v) is 4.05. The summed E-state index contributed by atoms with van der Waals surface area (Å²) in [5.74, 6) is 2.41. The van der Waals surface area contributed by atoms with E-state index in [1.165, 1.54) is 0 Å². The molecule has 0 saturated heterocycles. The summed E-state index contributed by atoms with van der Waals surface area (Å²) < 4.78 is 12.9. The lowest BCUT2D eigenvalue weighted by Crippen LogP contribution is -2.38. The van der Waals surface area contributed by atoms with Crippen LogP contribution in [0.25, 0.3) is 0 Å². The third-order valence-electron chi connectivity index (χ3n) is 4.05. The Kier molecular flexibility index (Phi) is 3.38. The molecule has 8 nitrogen and oxygen atoms in total. The number of ether oxygens (including phenoxy) is 2. The van der Waals surface area contributed by atoms with Crippen molar-refractivity contribution >= 4 is 5.91 Å². The van der Waals surface area contributed by atoms with Gasteiger partial charge in [-0.25, -0.2) is 0 Å². The first-order valence-corrected chi connectivity index (χ1v) is 7.47. The first kappa shape index (κ1) is 14.0. The topological polar surface area (TPSA) is 89.7 Å². The van der Waals surface area contributed by atoms with Gasteiger partial charge in [-0.1, -0.05) is 0 Å². The van der Waals surface area contributed by atoms with Gasteiger partial charge in [-0.3, -0.25) is 4.79 Å². The molecule has 2 aliphatic heterocycles. The van der Waals surface area contributed by atoms with E-state index in [4.69, 9.17) is 9.47 Å². The van der Waals surface area contributed by atoms with Crippen molar-refractivity contribution in [1.29, 1.82) is 0 Å². The highest BCUT2D eigenvalue weighted by atomic mass is 16.6. The molecule has 0 bridgehead atoms. The fourth-order valence-corrected chi connectivity index (χ4v) is 2.87. The number of hydrogen-bond donors (Lipinski definition) is 1. The lowest BCUT2D eigenvalue weighted by atomic mass is 10.1. The molecule has 2 aromatic rings. The van der Waals surface area contributed by atoms with Crippen molar-refractivity contribution in [2.45, 2.75) is 19.7 Å². The average molecular weight is 316 g/mol. The maximum Gasteiger partial charge on any atom is 0.254 e. The zero-order chi connectivity index (χ0) is 15.8. The zero-order valence-corrected chi connectivity index (χ0v) is 12.4. The molecule has 0 fully saturated rings. The van der Waals surface area contributed by atoms with Crippen LogP contribution < -0.4 is 9.47 Å². The Morgan fingerprint density at radius 3 is 2.83 bits per heavy atom. The van der Waals surface area contributed by atoms with Crippen molar-refractivity contribution in [3.05, 3.63) is 35.4 Å². The van der Waals surface area contributed by atoms with Crippen LogP contribution in [0.4, 0.5) is 0 Å². The lowest BCUT2D eigenvalue weighted by molar-refractivity contribution is 0.0704. The number of carbonyl (C=O) groups excluding carboxylic acids is 1. The molecule has 0 radical (unpaired) electrons. The Balaban J connectivity index is 1.56. The summed E-state index contributed by atoms with van der Waals surface area (Å²) in [5.41, 5.74) is 0.560. The second kappa shape index (κ2) is 5.54. The number of aliphatic hydroxyl groups is 1. The van der Waals surface area contributed by atoms with Crippen LogP contribution in [-0.4, -0.2) is 50.4 Å². The molecule has 4 rings (SSSR count). The summed E-state index contributed by atoms with van der Waals surface area (Å²) in [6.45, 7) is 2.36. The fraction of sp³-hybridized carbons (Fsp3) is 0.400. The van der Waals surface area contributed by atoms with Crippen LogP contribution >= 0.6 is 0 Å². The first-order chi connectivity index (χ1) is 11.3. The molecule has 2 aliphatic rings. The van der Waals surface area contributed by atoms with Crippen LogP contribution in [0.2, 0.25) is 0 Å². The predicted molar refractivity (Wildman–Crippen MR) is 78.1 cm³/mol. The van der Waals surface area contributed by atoms with E-state index in [-0.39, 0.29) is 12.5 Å². The summed E-state index contributed by atoms with van der Waals surface area (Å²) in [6.07, 6.45) is 0. The Hall–Kier alpha value is -2.61. The van der Waals surface area contributed by atoms with Crippen LogP contribution in [-0.2, 0) is 19.7 Å². The van der Waals surface area contributed by atoms with Crippen molar-refractivity contribution in [1.82, 2.24) is 19.7 Å². The van der Waals surface area contributed by atoms with Gasteiger partial charge in [0.15, 0.2) is 23.1 Å². The maximum atomic E-state index is 12.7. The van der Waals surface area contributed by atoms with E-state index in [2.05, 4.69) is 10.2 Å². The normalized spacial score (nSPS) is 16.1. The van der Waals surface area contributed by atoms with Crippen LogP contribution in [0.1, 0.15) is 22.0 Å². The minimum absolute atomic E-state index is 0.0817. The van der Waals surface area contributed by atoms with Gasteiger partial charge in [0.25, 0.3) is 5.91 Å². The van der Waals surface area contributed by atoms with Gasteiger partial charge in [-0.05, 0) is 18.2 Å². The Bertz CT molecular complexity index is 758. The number of aromatic nitrogens is 3. The number of hydrogen-bond acceptors (Lipinski definition) is 6. The monoisotopic (exact) mass is 316 g/mol. The molecule has 1 amide bonds. The fourth-order valence-electron chi connectivity index (χ4n) is 2.87. The second-order valence-electron chi connectivity index (χ2n) is 5.43. The SMILES string of the molecule is O=C(c1ccc2c(c1)OCCO2)N1CCn2c(CO)nnc2C1. The molecule has 1 aromatic heterocycles. The molecule has 0 unspecified atom stereocenters. The summed E-state index contributed by atoms with van der Waals surface area (Å²) in [6, 6.07) is 5.22. The minimum atomic E-state index is -0.150. The number of carbonyl (C=O) groups is 1. The third kappa shape index (κ3) is 2.40. The summed E-state index contributed by atoms with van der Waals surface area (Å²) in [4.78, 5) is 14.4. The lowest BCUT2D eigenvalue weighted by Gasteiger charge is -2.28. The molecule has 1 aromatic carbocycles. The molecule has 0 atom stereocenters. The van der Waals surface area contributed by atoms with E-state index in [1.54, 1.807) is 23.1 Å². The number of fused-ring (bicyclic) bond motifs is 2. The van der Waals surface area contributed by atoms with Crippen molar-refractivity contribution in [3.8, 4) is 11.5 Å². The van der Waals surface area contributed by atoms with Crippen molar-refractivity contribution in [3.63, 3.8) is 0 Å². The van der Waals surface area contributed by atoms with Gasteiger partial charge in [0, 0.05) is 18.7 Å². The van der Waals surface area contributed by atoms with Crippen LogP contribution in [0, 0.1) is 0 Å². The van der Waals surface area contributed by atoms with E-state index < -0.39 is 0 Å². The Morgan fingerprint density at radius 2 is 2.00 bits per heavy atom. The van der Waals surface area contributed by atoms with Gasteiger partial charge in [0.1, 0.15) is 19.8 Å². The van der Waals surface area contributed by atoms with Gasteiger partial charge in [-0.15, -0.1) is 10.2 Å². The highest BCUT2D eigenvalue weighted by Crippen LogP contribution is 2.31. The molecule has 3 heterocycles. The second-order valence-corrected chi connectivity index (χ2v) is 5.43. The van der Waals surface area contributed by atoms with Gasteiger partial charge >= 0.3 is 0 Å². The molecule has 1 N–H and O–H groups in total. The number of amides is 1. The highest BCUT2D eigenvalue weighted by molar-refractivity contribution is 5.95. The van der Waals surface area contributed by atoms with Crippen LogP contribution in [0.3, 0.4) is 0 Å². The highest BCUT2D eigenvalue weighted by Gasteiger charge is 2.26. The molecule has 0 aliphatic carbocycles. The van der Waals surface area contributed by atoms with Crippen molar-refractivity contribution < 1.29 is 19.4 Å². The quantitative estimate of drug-likeness (QED) is 0.851. The van der Waals surface area contributed by atoms with E-state index in [9.17, 15) is 9.90 Å². The average Bonchev–Trinajstić information content (AvgIpc) is 3.03. The smallest absolute Gasteiger partial charge is 0.254 e. The van der Waals surface area contributed by atoms with E-state index in [0.29, 0.717) is 61.6 Å². The first-order valence-electron chi connectivity index (χ1n) is 7.47. The minimum Gasteiger partial charge on any atom is -0.486 e. The predicted octanol–water partition coefficient (Wildman–Crippen LogP) is 0.198. The van der Waals surface area contributed by atoms with Crippen molar-refractivity contribution in [2.75, 3.05) is 19.8 Å². The van der Waals surface area contributed by atoms with Gasteiger partial charge in [0.05, 0.1) is 6.54 Å². The molecule has 0 spiro atoms. The number of rotatable bonds is 2. The molecular formula is C15H16N4O4. The van der Waals surface area contributed by atoms with Crippen LogP contribution in [0.5, 0.6) is 11.5 Å². The summed E-state index contributed by atoms with van der Waals surface area (Å²) in [5, 5.41) is 17.2. The Labute approximate surface area is 132 Å². The largest absolute Gasteiger partial charge is 0.486 e. The van der Waals surface area contributed by atoms with Gasteiger partial charge in [-0.2, -0.15) is 0 Å². The summed E-state index contributed by atoms with van der Waals surface area (Å²) >= 11 is 0. The molecule has 23 heavy (non-hydrogen) atoms. The molecule has 8 heteroatoms. The Morgan fingerprint density at radius 1 is 1.17 bits per heavy atom. The number of nitrogens with zero attached hydrogens (tertiary/aromatic N) is 4. The summed E-state index contributed by atoms with van der Waals surface area (Å²) in [7, 11) is 0. The van der Waals surface area contributed by atoms with Crippen molar-refractivity contribution in [2.24, 2.45) is 0 Å². The van der Waals surface area contributed by atoms with Gasteiger partial charge < -0.3 is 24.0 Å². The number of aliphatic hydroxyl groups excluding tert-OH is 1.